The second kappa shape index (κ2) is 6.90. The van der Waals surface area contributed by atoms with Crippen LogP contribution in [0.3, 0.4) is 0 Å². The lowest BCUT2D eigenvalue weighted by Gasteiger charge is -2.31. The van der Waals surface area contributed by atoms with E-state index in [-0.39, 0.29) is 5.56 Å². The smallest absolute Gasteiger partial charge is 0.337 e. The van der Waals surface area contributed by atoms with E-state index in [9.17, 15) is 4.79 Å². The highest BCUT2D eigenvalue weighted by Gasteiger charge is 2.18. The van der Waals surface area contributed by atoms with Crippen molar-refractivity contribution in [3.8, 4) is 0 Å². The van der Waals surface area contributed by atoms with Gasteiger partial charge in [-0.25, -0.2) is 9.78 Å². The number of hydrogen-bond acceptors (Lipinski definition) is 4. The van der Waals surface area contributed by atoms with Crippen LogP contribution < -0.4 is 5.32 Å². The quantitative estimate of drug-likeness (QED) is 0.874. The summed E-state index contributed by atoms with van der Waals surface area (Å²) in [6.45, 7) is 6.41. The largest absolute Gasteiger partial charge is 0.478 e. The maximum absolute atomic E-state index is 10.8. The molecule has 2 rings (SSSR count). The lowest BCUT2D eigenvalue weighted by Crippen LogP contribution is -2.35. The van der Waals surface area contributed by atoms with E-state index >= 15 is 0 Å². The Hall–Kier alpha value is -1.33. The van der Waals surface area contributed by atoms with Gasteiger partial charge in [0.1, 0.15) is 5.82 Å². The SMILES string of the molecule is CCN1CCC(CNc2ncc(C(=O)O)cc2Cl)CC1. The lowest BCUT2D eigenvalue weighted by atomic mass is 9.97. The molecule has 0 radical (unpaired) electrons. The van der Waals surface area contributed by atoms with Gasteiger partial charge in [-0.15, -0.1) is 0 Å². The Labute approximate surface area is 123 Å². The summed E-state index contributed by atoms with van der Waals surface area (Å²) < 4.78 is 0. The van der Waals surface area contributed by atoms with Crippen molar-refractivity contribution < 1.29 is 9.90 Å². The summed E-state index contributed by atoms with van der Waals surface area (Å²) in [5.74, 6) is 0.169. The number of aromatic nitrogens is 1. The minimum atomic E-state index is -1.02. The molecular weight excluding hydrogens is 278 g/mol. The molecule has 0 atom stereocenters. The van der Waals surface area contributed by atoms with Crippen LogP contribution in [0.4, 0.5) is 5.82 Å². The number of carboxylic acids is 1. The molecule has 0 saturated carbocycles. The van der Waals surface area contributed by atoms with E-state index in [0.29, 0.717) is 16.8 Å². The van der Waals surface area contributed by atoms with Gasteiger partial charge in [-0.05, 0) is 44.5 Å². The van der Waals surface area contributed by atoms with Gasteiger partial charge in [0.05, 0.1) is 10.6 Å². The van der Waals surface area contributed by atoms with Crippen molar-refractivity contribution in [1.82, 2.24) is 9.88 Å². The van der Waals surface area contributed by atoms with Gasteiger partial charge in [0.25, 0.3) is 0 Å². The summed E-state index contributed by atoms with van der Waals surface area (Å²) in [5, 5.41) is 12.4. The molecule has 1 aliphatic rings. The standard InChI is InChI=1S/C14H20ClN3O2/c1-2-18-5-3-10(4-6-18)8-16-13-12(15)7-11(9-17-13)14(19)20/h7,9-10H,2-6,8H2,1H3,(H,16,17)(H,19,20). The van der Waals surface area contributed by atoms with Crippen molar-refractivity contribution in [2.45, 2.75) is 19.8 Å². The number of nitrogens with one attached hydrogen (secondary N) is 1. The second-order valence-corrected chi connectivity index (χ2v) is 5.53. The molecule has 0 aromatic carbocycles. The van der Waals surface area contributed by atoms with Crippen LogP contribution in [0.2, 0.25) is 5.02 Å². The number of piperidine rings is 1. The number of pyridine rings is 1. The number of halogens is 1. The molecule has 0 unspecified atom stereocenters. The first kappa shape index (κ1) is 15.1. The molecule has 5 nitrogen and oxygen atoms in total. The number of rotatable bonds is 5. The second-order valence-electron chi connectivity index (χ2n) is 5.12. The zero-order chi connectivity index (χ0) is 14.5. The molecule has 6 heteroatoms. The minimum absolute atomic E-state index is 0.108. The van der Waals surface area contributed by atoms with Crippen LogP contribution in [-0.4, -0.2) is 47.1 Å². The van der Waals surface area contributed by atoms with Crippen molar-refractivity contribution in [3.63, 3.8) is 0 Å². The van der Waals surface area contributed by atoms with Gasteiger partial charge >= 0.3 is 5.97 Å². The summed E-state index contributed by atoms with van der Waals surface area (Å²) in [6, 6.07) is 1.43. The Kier molecular flexibility index (Phi) is 5.20. The number of nitrogens with zero attached hydrogens (tertiary/aromatic N) is 2. The highest BCUT2D eigenvalue weighted by Crippen LogP contribution is 2.22. The van der Waals surface area contributed by atoms with Gasteiger partial charge in [-0.2, -0.15) is 0 Å². The molecule has 1 fully saturated rings. The van der Waals surface area contributed by atoms with E-state index in [2.05, 4.69) is 22.1 Å². The Morgan fingerprint density at radius 1 is 1.55 bits per heavy atom. The highest BCUT2D eigenvalue weighted by atomic mass is 35.5. The Bertz CT molecular complexity index is 473. The Balaban J connectivity index is 1.87. The number of aromatic carboxylic acids is 1. The van der Waals surface area contributed by atoms with Crippen LogP contribution >= 0.6 is 11.6 Å². The number of carboxylic acid groups (broad SMARTS) is 1. The van der Waals surface area contributed by atoms with Crippen LogP contribution in [-0.2, 0) is 0 Å². The van der Waals surface area contributed by atoms with Crippen LogP contribution in [0.5, 0.6) is 0 Å². The van der Waals surface area contributed by atoms with Crippen molar-refractivity contribution in [2.75, 3.05) is 31.5 Å². The topological polar surface area (TPSA) is 65.5 Å². The lowest BCUT2D eigenvalue weighted by molar-refractivity contribution is 0.0696. The zero-order valence-electron chi connectivity index (χ0n) is 11.6. The number of likely N-dealkylation sites (tertiary alicyclic amines) is 1. The van der Waals surface area contributed by atoms with E-state index in [1.165, 1.54) is 25.1 Å². The van der Waals surface area contributed by atoms with Crippen molar-refractivity contribution >= 4 is 23.4 Å². The summed E-state index contributed by atoms with van der Waals surface area (Å²) in [6.07, 6.45) is 3.67. The molecule has 1 aromatic heterocycles. The maximum Gasteiger partial charge on any atom is 0.337 e. The predicted molar refractivity (Wildman–Crippen MR) is 79.5 cm³/mol. The van der Waals surface area contributed by atoms with Gasteiger partial charge in [0, 0.05) is 12.7 Å². The third-order valence-electron chi connectivity index (χ3n) is 3.80. The summed E-state index contributed by atoms with van der Waals surface area (Å²) in [4.78, 5) is 17.3. The number of anilines is 1. The van der Waals surface area contributed by atoms with Gasteiger partial charge in [-0.1, -0.05) is 18.5 Å². The van der Waals surface area contributed by atoms with Crippen molar-refractivity contribution in [3.05, 3.63) is 22.8 Å². The maximum atomic E-state index is 10.8. The molecule has 2 N–H and O–H groups in total. The highest BCUT2D eigenvalue weighted by molar-refractivity contribution is 6.33. The molecule has 0 amide bonds. The van der Waals surface area contributed by atoms with Crippen LogP contribution in [0.1, 0.15) is 30.1 Å². The fraction of sp³-hybridized carbons (Fsp3) is 0.571. The van der Waals surface area contributed by atoms with E-state index in [1.54, 1.807) is 0 Å². The molecule has 0 bridgehead atoms. The first-order valence-corrected chi connectivity index (χ1v) is 7.33. The van der Waals surface area contributed by atoms with Gasteiger partial charge in [-0.3, -0.25) is 0 Å². The molecule has 0 aliphatic carbocycles. The normalized spacial score (nSPS) is 17.1. The third kappa shape index (κ3) is 3.84. The molecule has 0 spiro atoms. The first-order valence-electron chi connectivity index (χ1n) is 6.95. The van der Waals surface area contributed by atoms with Crippen LogP contribution in [0.15, 0.2) is 12.3 Å². The predicted octanol–water partition coefficient (Wildman–Crippen LogP) is 2.58. The average molecular weight is 298 g/mol. The fourth-order valence-electron chi connectivity index (χ4n) is 2.43. The Morgan fingerprint density at radius 2 is 2.25 bits per heavy atom. The van der Waals surface area contributed by atoms with E-state index in [4.69, 9.17) is 16.7 Å². The van der Waals surface area contributed by atoms with E-state index < -0.39 is 5.97 Å². The minimum Gasteiger partial charge on any atom is -0.478 e. The van der Waals surface area contributed by atoms with Gasteiger partial charge in [0.2, 0.25) is 0 Å². The molecule has 1 aromatic rings. The summed E-state index contributed by atoms with van der Waals surface area (Å²) in [5.41, 5.74) is 0.108. The summed E-state index contributed by atoms with van der Waals surface area (Å²) >= 11 is 6.04. The average Bonchev–Trinajstić information content (AvgIpc) is 2.46. The van der Waals surface area contributed by atoms with Crippen molar-refractivity contribution in [2.24, 2.45) is 5.92 Å². The van der Waals surface area contributed by atoms with Crippen LogP contribution in [0.25, 0.3) is 0 Å². The molecule has 20 heavy (non-hydrogen) atoms. The fourth-order valence-corrected chi connectivity index (χ4v) is 2.67. The number of hydrogen-bond donors (Lipinski definition) is 2. The monoisotopic (exact) mass is 297 g/mol. The summed E-state index contributed by atoms with van der Waals surface area (Å²) in [7, 11) is 0. The van der Waals surface area contributed by atoms with E-state index in [0.717, 1.165) is 26.2 Å². The van der Waals surface area contributed by atoms with Gasteiger partial charge in [0.15, 0.2) is 0 Å². The van der Waals surface area contributed by atoms with Gasteiger partial charge < -0.3 is 15.3 Å². The molecule has 110 valence electrons. The Morgan fingerprint density at radius 3 is 2.80 bits per heavy atom. The number of carbonyl (C=O) groups is 1. The molecule has 1 saturated heterocycles. The molecule has 1 aliphatic heterocycles. The van der Waals surface area contributed by atoms with E-state index in [1.807, 2.05) is 0 Å². The molecular formula is C14H20ClN3O2. The zero-order valence-corrected chi connectivity index (χ0v) is 12.4. The van der Waals surface area contributed by atoms with Crippen molar-refractivity contribution in [1.29, 1.82) is 0 Å². The van der Waals surface area contributed by atoms with Crippen LogP contribution in [0, 0.1) is 5.92 Å². The molecule has 2 heterocycles. The first-order chi connectivity index (χ1) is 9.60. The third-order valence-corrected chi connectivity index (χ3v) is 4.09.